The summed E-state index contributed by atoms with van der Waals surface area (Å²) in [5, 5.41) is 0. The Labute approximate surface area is 120 Å². The molecule has 3 nitrogen and oxygen atoms in total. The van der Waals surface area contributed by atoms with Crippen molar-refractivity contribution in [2.75, 3.05) is 7.11 Å². The summed E-state index contributed by atoms with van der Waals surface area (Å²) in [5.41, 5.74) is 0.126. The van der Waals surface area contributed by atoms with Crippen molar-refractivity contribution in [1.82, 2.24) is 0 Å². The van der Waals surface area contributed by atoms with E-state index in [1.54, 1.807) is 13.8 Å². The van der Waals surface area contributed by atoms with Crippen molar-refractivity contribution in [2.45, 2.75) is 26.1 Å². The van der Waals surface area contributed by atoms with Crippen LogP contribution in [0.2, 0.25) is 0 Å². The Bertz CT molecular complexity index is 645. The number of carbonyl (C=O) groups is 1. The van der Waals surface area contributed by atoms with Crippen molar-refractivity contribution in [1.29, 1.82) is 0 Å². The third-order valence-corrected chi connectivity index (χ3v) is 3.39. The molecular formula is C15H14F3NO2. The van der Waals surface area contributed by atoms with Crippen LogP contribution in [0.4, 0.5) is 13.2 Å². The maximum absolute atomic E-state index is 13.1. The normalized spacial score (nSPS) is 18.8. The van der Waals surface area contributed by atoms with Gasteiger partial charge in [-0.25, -0.2) is 4.79 Å². The van der Waals surface area contributed by atoms with Crippen LogP contribution in [0.25, 0.3) is 0 Å². The van der Waals surface area contributed by atoms with E-state index < -0.39 is 23.8 Å². The molecule has 0 fully saturated rings. The number of rotatable bonds is 2. The van der Waals surface area contributed by atoms with E-state index in [-0.39, 0.29) is 11.3 Å². The zero-order valence-electron chi connectivity index (χ0n) is 11.8. The minimum Gasteiger partial charge on any atom is -0.466 e. The molecule has 0 bridgehead atoms. The lowest BCUT2D eigenvalue weighted by molar-refractivity contribution is -0.138. The van der Waals surface area contributed by atoms with Gasteiger partial charge in [0, 0.05) is 5.56 Å². The van der Waals surface area contributed by atoms with Crippen LogP contribution in [0.3, 0.4) is 0 Å². The smallest absolute Gasteiger partial charge is 0.417 e. The molecule has 1 heterocycles. The van der Waals surface area contributed by atoms with E-state index in [4.69, 9.17) is 0 Å². The van der Waals surface area contributed by atoms with Crippen LogP contribution in [0, 0.1) is 0 Å². The zero-order valence-corrected chi connectivity index (χ0v) is 11.8. The third kappa shape index (κ3) is 2.70. The number of ether oxygens (including phenoxy) is 1. The van der Waals surface area contributed by atoms with Crippen molar-refractivity contribution in [3.05, 3.63) is 46.5 Å². The lowest BCUT2D eigenvalue weighted by Crippen LogP contribution is -2.15. The highest BCUT2D eigenvalue weighted by Crippen LogP contribution is 2.35. The van der Waals surface area contributed by atoms with Gasteiger partial charge in [0.15, 0.2) is 0 Å². The molecule has 0 N–H and O–H groups in total. The van der Waals surface area contributed by atoms with Crippen LogP contribution in [0.1, 0.15) is 25.0 Å². The molecule has 1 unspecified atom stereocenters. The molecule has 0 aromatic heterocycles. The molecule has 112 valence electrons. The number of esters is 1. The Morgan fingerprint density at radius 3 is 2.48 bits per heavy atom. The highest BCUT2D eigenvalue weighted by Gasteiger charge is 2.37. The molecule has 0 amide bonds. The number of aliphatic imine (C=N–C) groups is 1. The van der Waals surface area contributed by atoms with Gasteiger partial charge in [-0.05, 0) is 25.5 Å². The van der Waals surface area contributed by atoms with E-state index in [1.165, 1.54) is 25.3 Å². The summed E-state index contributed by atoms with van der Waals surface area (Å²) < 4.78 is 43.9. The topological polar surface area (TPSA) is 38.7 Å². The number of carbonyl (C=O) groups excluding carboxylic acids is 1. The Balaban J connectivity index is 2.57. The first-order valence-corrected chi connectivity index (χ1v) is 6.31. The second-order valence-electron chi connectivity index (χ2n) is 4.73. The van der Waals surface area contributed by atoms with Crippen LogP contribution in [-0.2, 0) is 15.7 Å². The lowest BCUT2D eigenvalue weighted by atomic mass is 9.96. The van der Waals surface area contributed by atoms with Crippen molar-refractivity contribution >= 4 is 11.7 Å². The summed E-state index contributed by atoms with van der Waals surface area (Å²) in [6, 6.07) is 4.69. The van der Waals surface area contributed by atoms with Gasteiger partial charge in [0.25, 0.3) is 0 Å². The Morgan fingerprint density at radius 1 is 1.29 bits per heavy atom. The van der Waals surface area contributed by atoms with Gasteiger partial charge in [-0.15, -0.1) is 0 Å². The summed E-state index contributed by atoms with van der Waals surface area (Å²) >= 11 is 0. The van der Waals surface area contributed by atoms with E-state index in [2.05, 4.69) is 9.73 Å². The molecule has 0 spiro atoms. The van der Waals surface area contributed by atoms with Gasteiger partial charge >= 0.3 is 12.1 Å². The molecule has 0 radical (unpaired) electrons. The highest BCUT2D eigenvalue weighted by molar-refractivity contribution is 6.19. The van der Waals surface area contributed by atoms with Gasteiger partial charge in [0.05, 0.1) is 30.0 Å². The van der Waals surface area contributed by atoms with E-state index in [1.807, 2.05) is 0 Å². The molecule has 1 aromatic carbocycles. The Morgan fingerprint density at radius 2 is 1.90 bits per heavy atom. The van der Waals surface area contributed by atoms with Gasteiger partial charge in [-0.1, -0.05) is 18.2 Å². The van der Waals surface area contributed by atoms with E-state index in [9.17, 15) is 18.0 Å². The molecular weight excluding hydrogens is 283 g/mol. The molecule has 0 aliphatic carbocycles. The highest BCUT2D eigenvalue weighted by atomic mass is 19.4. The fourth-order valence-corrected chi connectivity index (χ4v) is 2.44. The minimum atomic E-state index is -4.48. The number of nitrogens with zero attached hydrogens (tertiary/aromatic N) is 1. The number of allylic oxidation sites excluding steroid dienone is 1. The fourth-order valence-electron chi connectivity index (χ4n) is 2.44. The van der Waals surface area contributed by atoms with Gasteiger partial charge < -0.3 is 4.74 Å². The third-order valence-electron chi connectivity index (χ3n) is 3.39. The molecule has 2 rings (SSSR count). The van der Waals surface area contributed by atoms with Crippen LogP contribution in [0.15, 0.2) is 40.4 Å². The monoisotopic (exact) mass is 297 g/mol. The number of alkyl halides is 3. The quantitative estimate of drug-likeness (QED) is 0.785. The first kappa shape index (κ1) is 15.3. The first-order chi connectivity index (χ1) is 9.77. The van der Waals surface area contributed by atoms with Crippen LogP contribution >= 0.6 is 0 Å². The van der Waals surface area contributed by atoms with Crippen molar-refractivity contribution < 1.29 is 22.7 Å². The summed E-state index contributed by atoms with van der Waals surface area (Å²) in [7, 11) is 1.23. The minimum absolute atomic E-state index is 0.0201. The predicted octanol–water partition coefficient (Wildman–Crippen LogP) is 3.39. The molecule has 1 aliphatic heterocycles. The second kappa shape index (κ2) is 5.35. The average Bonchev–Trinajstić information content (AvgIpc) is 2.72. The first-order valence-electron chi connectivity index (χ1n) is 6.31. The SMILES string of the molecule is COC(=O)C1=C(C)C(c2ccccc2C(F)(F)F)=NC1C. The maximum atomic E-state index is 13.1. The number of hydrogen-bond acceptors (Lipinski definition) is 3. The van der Waals surface area contributed by atoms with Gasteiger partial charge in [0.1, 0.15) is 0 Å². The van der Waals surface area contributed by atoms with Crippen molar-refractivity contribution in [3.8, 4) is 0 Å². The van der Waals surface area contributed by atoms with E-state index in [0.717, 1.165) is 6.07 Å². The Hall–Kier alpha value is -2.11. The van der Waals surface area contributed by atoms with Crippen molar-refractivity contribution in [2.24, 2.45) is 4.99 Å². The summed E-state index contributed by atoms with van der Waals surface area (Å²) in [5.74, 6) is -0.566. The zero-order chi connectivity index (χ0) is 15.8. The summed E-state index contributed by atoms with van der Waals surface area (Å²) in [6.45, 7) is 3.24. The number of hydrogen-bond donors (Lipinski definition) is 0. The van der Waals surface area contributed by atoms with E-state index in [0.29, 0.717) is 11.1 Å². The standard InChI is InChI=1S/C15H14F3NO2/c1-8-12(14(20)21-3)9(2)19-13(8)10-6-4-5-7-11(10)15(16,17)18/h4-7,9H,1-3H3. The Kier molecular flexibility index (Phi) is 3.89. The maximum Gasteiger partial charge on any atom is 0.417 e. The number of halogens is 3. The summed E-state index contributed by atoms with van der Waals surface area (Å²) in [6.07, 6.45) is -4.48. The van der Waals surface area contributed by atoms with Crippen LogP contribution in [-0.4, -0.2) is 24.8 Å². The molecule has 6 heteroatoms. The molecule has 1 aliphatic rings. The molecule has 0 saturated heterocycles. The predicted molar refractivity (Wildman–Crippen MR) is 72.2 cm³/mol. The van der Waals surface area contributed by atoms with Crippen LogP contribution < -0.4 is 0 Å². The van der Waals surface area contributed by atoms with Gasteiger partial charge in [0.2, 0.25) is 0 Å². The fraction of sp³-hybridized carbons (Fsp3) is 0.333. The molecule has 1 atom stereocenters. The molecule has 1 aromatic rings. The number of methoxy groups -OCH3 is 1. The average molecular weight is 297 g/mol. The lowest BCUT2D eigenvalue weighted by Gasteiger charge is -2.13. The largest absolute Gasteiger partial charge is 0.466 e. The van der Waals surface area contributed by atoms with Crippen LogP contribution in [0.5, 0.6) is 0 Å². The van der Waals surface area contributed by atoms with E-state index >= 15 is 0 Å². The van der Waals surface area contributed by atoms with Gasteiger partial charge in [-0.3, -0.25) is 4.99 Å². The van der Waals surface area contributed by atoms with Crippen molar-refractivity contribution in [3.63, 3.8) is 0 Å². The summed E-state index contributed by atoms with van der Waals surface area (Å²) in [4.78, 5) is 15.9. The second-order valence-corrected chi connectivity index (χ2v) is 4.73. The van der Waals surface area contributed by atoms with Gasteiger partial charge in [-0.2, -0.15) is 13.2 Å². The molecule has 21 heavy (non-hydrogen) atoms. The molecule has 0 saturated carbocycles. The number of benzene rings is 1.